The monoisotopic (exact) mass is 202 g/mol. The SMILES string of the molecule is C=C(C)/C=C\C(C)=C(/C)CC1CCC1=C. The molecule has 0 heterocycles. The maximum absolute atomic E-state index is 4.07. The van der Waals surface area contributed by atoms with E-state index in [1.807, 2.05) is 6.92 Å². The molecule has 0 saturated heterocycles. The molecule has 1 fully saturated rings. The highest BCUT2D eigenvalue weighted by atomic mass is 14.3. The lowest BCUT2D eigenvalue weighted by atomic mass is 9.76. The van der Waals surface area contributed by atoms with Crippen molar-refractivity contribution in [3.63, 3.8) is 0 Å². The molecule has 0 spiro atoms. The average molecular weight is 202 g/mol. The van der Waals surface area contributed by atoms with Gasteiger partial charge >= 0.3 is 0 Å². The number of rotatable bonds is 4. The third-order valence-electron chi connectivity index (χ3n) is 3.23. The van der Waals surface area contributed by atoms with Gasteiger partial charge in [-0.3, -0.25) is 0 Å². The fourth-order valence-corrected chi connectivity index (χ4v) is 1.74. The van der Waals surface area contributed by atoms with Gasteiger partial charge in [-0.15, -0.1) is 0 Å². The van der Waals surface area contributed by atoms with Gasteiger partial charge in [0.1, 0.15) is 0 Å². The smallest absolute Gasteiger partial charge is 0.0166 e. The van der Waals surface area contributed by atoms with Crippen LogP contribution in [-0.4, -0.2) is 0 Å². The molecule has 0 bridgehead atoms. The van der Waals surface area contributed by atoms with Crippen LogP contribution in [0.2, 0.25) is 0 Å². The third kappa shape index (κ3) is 3.54. The summed E-state index contributed by atoms with van der Waals surface area (Å²) >= 11 is 0. The average Bonchev–Trinajstić information content (AvgIpc) is 2.19. The molecule has 1 unspecified atom stereocenters. The fraction of sp³-hybridized carbons (Fsp3) is 0.467. The Morgan fingerprint density at radius 2 is 2.00 bits per heavy atom. The second kappa shape index (κ2) is 5.16. The molecular weight excluding hydrogens is 180 g/mol. The summed E-state index contributed by atoms with van der Waals surface area (Å²) in [6, 6.07) is 0. The first kappa shape index (κ1) is 12.0. The van der Waals surface area contributed by atoms with Crippen molar-refractivity contribution in [1.82, 2.24) is 0 Å². The Bertz CT molecular complexity index is 326. The molecule has 1 atom stereocenters. The lowest BCUT2D eigenvalue weighted by Crippen LogP contribution is -2.14. The zero-order chi connectivity index (χ0) is 11.4. The second-order valence-corrected chi connectivity index (χ2v) is 4.74. The zero-order valence-electron chi connectivity index (χ0n) is 10.3. The summed E-state index contributed by atoms with van der Waals surface area (Å²) in [6.07, 6.45) is 7.99. The van der Waals surface area contributed by atoms with Crippen LogP contribution in [0.3, 0.4) is 0 Å². The van der Waals surface area contributed by atoms with Crippen LogP contribution < -0.4 is 0 Å². The van der Waals surface area contributed by atoms with Crippen molar-refractivity contribution in [2.24, 2.45) is 5.92 Å². The molecule has 1 saturated carbocycles. The number of hydrogen-bond acceptors (Lipinski definition) is 0. The lowest BCUT2D eigenvalue weighted by molar-refractivity contribution is 0.441. The molecule has 1 aliphatic rings. The van der Waals surface area contributed by atoms with Crippen LogP contribution in [0.5, 0.6) is 0 Å². The summed E-state index contributed by atoms with van der Waals surface area (Å²) in [4.78, 5) is 0. The number of allylic oxidation sites excluding steroid dienone is 6. The van der Waals surface area contributed by atoms with Gasteiger partial charge in [-0.2, -0.15) is 0 Å². The molecule has 82 valence electrons. The first-order chi connectivity index (χ1) is 7.00. The van der Waals surface area contributed by atoms with Crippen molar-refractivity contribution in [2.75, 3.05) is 0 Å². The molecule has 0 aromatic carbocycles. The Labute approximate surface area is 94.1 Å². The number of hydrogen-bond donors (Lipinski definition) is 0. The summed E-state index contributed by atoms with van der Waals surface area (Å²) in [5, 5.41) is 0. The van der Waals surface area contributed by atoms with Gasteiger partial charge in [0.2, 0.25) is 0 Å². The highest BCUT2D eigenvalue weighted by Gasteiger charge is 2.22. The van der Waals surface area contributed by atoms with E-state index in [0.29, 0.717) is 0 Å². The predicted molar refractivity (Wildman–Crippen MR) is 68.8 cm³/mol. The van der Waals surface area contributed by atoms with Crippen molar-refractivity contribution in [3.05, 3.63) is 47.6 Å². The minimum absolute atomic E-state index is 0.748. The minimum Gasteiger partial charge on any atom is -0.0996 e. The standard InChI is InChI=1S/C15H22/c1-11(2)6-7-12(3)14(5)10-15-9-8-13(15)4/h6-7,15H,1,4,8-10H2,2-3,5H3/b7-6-,14-12+. The molecule has 0 amide bonds. The molecule has 0 aliphatic heterocycles. The Hall–Kier alpha value is -1.04. The third-order valence-corrected chi connectivity index (χ3v) is 3.23. The van der Waals surface area contributed by atoms with Crippen molar-refractivity contribution in [2.45, 2.75) is 40.0 Å². The van der Waals surface area contributed by atoms with Crippen LogP contribution >= 0.6 is 0 Å². The first-order valence-corrected chi connectivity index (χ1v) is 5.68. The Balaban J connectivity index is 2.56. The topological polar surface area (TPSA) is 0 Å². The van der Waals surface area contributed by atoms with E-state index < -0.39 is 0 Å². The van der Waals surface area contributed by atoms with E-state index in [9.17, 15) is 0 Å². The van der Waals surface area contributed by atoms with Crippen molar-refractivity contribution in [3.8, 4) is 0 Å². The molecule has 0 aromatic heterocycles. The van der Waals surface area contributed by atoms with Crippen LogP contribution in [0.25, 0.3) is 0 Å². The Morgan fingerprint density at radius 1 is 1.33 bits per heavy atom. The zero-order valence-corrected chi connectivity index (χ0v) is 10.3. The predicted octanol–water partition coefficient (Wildman–Crippen LogP) is 4.81. The summed E-state index contributed by atoms with van der Waals surface area (Å²) in [7, 11) is 0. The van der Waals surface area contributed by atoms with Gasteiger partial charge in [-0.1, -0.05) is 47.6 Å². The summed E-state index contributed by atoms with van der Waals surface area (Å²) < 4.78 is 0. The van der Waals surface area contributed by atoms with E-state index in [-0.39, 0.29) is 0 Å². The molecule has 1 aliphatic carbocycles. The molecular formula is C15H22. The maximum atomic E-state index is 4.07. The van der Waals surface area contributed by atoms with E-state index >= 15 is 0 Å². The van der Waals surface area contributed by atoms with Crippen LogP contribution in [0.1, 0.15) is 40.0 Å². The maximum Gasteiger partial charge on any atom is -0.0166 e. The van der Waals surface area contributed by atoms with Gasteiger partial charge in [-0.05, 0) is 46.0 Å². The molecule has 15 heavy (non-hydrogen) atoms. The van der Waals surface area contributed by atoms with Crippen molar-refractivity contribution >= 4 is 0 Å². The van der Waals surface area contributed by atoms with Crippen LogP contribution in [0.15, 0.2) is 47.6 Å². The minimum atomic E-state index is 0.748. The fourth-order valence-electron chi connectivity index (χ4n) is 1.74. The van der Waals surface area contributed by atoms with E-state index in [1.54, 1.807) is 0 Å². The molecule has 0 nitrogen and oxygen atoms in total. The largest absolute Gasteiger partial charge is 0.0996 e. The molecule has 1 rings (SSSR count). The van der Waals surface area contributed by atoms with Crippen LogP contribution in [0, 0.1) is 5.92 Å². The highest BCUT2D eigenvalue weighted by Crippen LogP contribution is 2.37. The lowest BCUT2D eigenvalue weighted by Gasteiger charge is -2.29. The first-order valence-electron chi connectivity index (χ1n) is 5.68. The van der Waals surface area contributed by atoms with E-state index in [2.05, 4.69) is 39.2 Å². The Kier molecular flexibility index (Phi) is 4.14. The van der Waals surface area contributed by atoms with Crippen LogP contribution in [0.4, 0.5) is 0 Å². The summed E-state index contributed by atoms with van der Waals surface area (Å²) in [5.41, 5.74) is 5.40. The van der Waals surface area contributed by atoms with Gasteiger partial charge < -0.3 is 0 Å². The van der Waals surface area contributed by atoms with E-state index in [1.165, 1.54) is 36.0 Å². The van der Waals surface area contributed by atoms with E-state index in [0.717, 1.165) is 11.5 Å². The molecule has 0 N–H and O–H groups in total. The van der Waals surface area contributed by atoms with Crippen molar-refractivity contribution < 1.29 is 0 Å². The quantitative estimate of drug-likeness (QED) is 0.453. The Morgan fingerprint density at radius 3 is 2.40 bits per heavy atom. The molecule has 0 heteroatoms. The molecule has 0 aromatic rings. The van der Waals surface area contributed by atoms with Gasteiger partial charge in [0.25, 0.3) is 0 Å². The van der Waals surface area contributed by atoms with Gasteiger partial charge in [-0.25, -0.2) is 0 Å². The van der Waals surface area contributed by atoms with Gasteiger partial charge in [0.15, 0.2) is 0 Å². The van der Waals surface area contributed by atoms with Gasteiger partial charge in [0.05, 0.1) is 0 Å². The van der Waals surface area contributed by atoms with Crippen molar-refractivity contribution in [1.29, 1.82) is 0 Å². The van der Waals surface area contributed by atoms with E-state index in [4.69, 9.17) is 0 Å². The van der Waals surface area contributed by atoms with Gasteiger partial charge in [0, 0.05) is 0 Å². The van der Waals surface area contributed by atoms with Crippen LogP contribution in [-0.2, 0) is 0 Å². The second-order valence-electron chi connectivity index (χ2n) is 4.74. The summed E-state index contributed by atoms with van der Waals surface area (Å²) in [6.45, 7) is 14.4. The highest BCUT2D eigenvalue weighted by molar-refractivity contribution is 5.29. The summed E-state index contributed by atoms with van der Waals surface area (Å²) in [5.74, 6) is 0.748. The normalized spacial score (nSPS) is 22.6. The molecule has 0 radical (unpaired) electrons.